The lowest BCUT2D eigenvalue weighted by Gasteiger charge is -2.04. The summed E-state index contributed by atoms with van der Waals surface area (Å²) in [5, 5.41) is 2.49. The smallest absolute Gasteiger partial charge is 0.316 e. The molecule has 0 saturated carbocycles. The number of carbonyl (C=O) groups is 1. The van der Waals surface area contributed by atoms with Crippen LogP contribution in [-0.4, -0.2) is 12.6 Å². The van der Waals surface area contributed by atoms with E-state index in [1.807, 2.05) is 0 Å². The van der Waals surface area contributed by atoms with Gasteiger partial charge in [-0.25, -0.2) is 9.18 Å². The highest BCUT2D eigenvalue weighted by Gasteiger charge is 2.00. The van der Waals surface area contributed by atoms with Gasteiger partial charge in [-0.15, -0.1) is 0 Å². The molecule has 2 rings (SSSR count). The van der Waals surface area contributed by atoms with Crippen molar-refractivity contribution in [1.82, 2.24) is 0 Å². The lowest BCUT2D eigenvalue weighted by Crippen LogP contribution is -2.19. The minimum atomic E-state index is -0.646. The molecule has 0 spiro atoms. The fourth-order valence-corrected chi connectivity index (χ4v) is 1.62. The highest BCUT2D eigenvalue weighted by molar-refractivity contribution is 5.89. The Morgan fingerprint density at radius 2 is 1.90 bits per heavy atom. The fourth-order valence-electron chi connectivity index (χ4n) is 1.62. The highest BCUT2D eigenvalue weighted by Crippen LogP contribution is 2.13. The van der Waals surface area contributed by atoms with Gasteiger partial charge in [0.1, 0.15) is 18.2 Å². The molecule has 0 radical (unpaired) electrons. The van der Waals surface area contributed by atoms with Crippen molar-refractivity contribution >= 4 is 11.7 Å². The number of benzene rings is 2. The summed E-state index contributed by atoms with van der Waals surface area (Å²) in [5.74, 6) is 5.92. The summed E-state index contributed by atoms with van der Waals surface area (Å²) < 4.78 is 18.1. The van der Waals surface area contributed by atoms with Gasteiger partial charge in [-0.3, -0.25) is 0 Å². The van der Waals surface area contributed by atoms with Crippen molar-refractivity contribution in [2.24, 2.45) is 5.73 Å². The van der Waals surface area contributed by atoms with Crippen LogP contribution < -0.4 is 15.8 Å². The Kier molecular flexibility index (Phi) is 4.78. The minimum absolute atomic E-state index is 0.149. The summed E-state index contributed by atoms with van der Waals surface area (Å²) >= 11 is 0. The van der Waals surface area contributed by atoms with Gasteiger partial charge in [0.2, 0.25) is 0 Å². The number of hydrogen-bond donors (Lipinski definition) is 2. The van der Waals surface area contributed by atoms with E-state index in [2.05, 4.69) is 17.2 Å². The van der Waals surface area contributed by atoms with Crippen LogP contribution in [0.15, 0.2) is 48.5 Å². The maximum absolute atomic E-state index is 12.7. The first-order valence-corrected chi connectivity index (χ1v) is 6.18. The molecule has 2 amide bonds. The van der Waals surface area contributed by atoms with E-state index in [-0.39, 0.29) is 12.4 Å². The predicted molar refractivity (Wildman–Crippen MR) is 78.4 cm³/mol. The number of nitrogens with one attached hydrogen (secondary N) is 1. The molecule has 2 aromatic carbocycles. The van der Waals surface area contributed by atoms with Gasteiger partial charge in [-0.2, -0.15) is 0 Å². The first kappa shape index (κ1) is 14.4. The molecular formula is C16H13FN2O2. The van der Waals surface area contributed by atoms with Crippen LogP contribution in [0.25, 0.3) is 0 Å². The zero-order valence-corrected chi connectivity index (χ0v) is 11.1. The molecule has 5 heteroatoms. The van der Waals surface area contributed by atoms with Crippen LogP contribution in [0.3, 0.4) is 0 Å². The number of primary amides is 1. The molecule has 0 fully saturated rings. The molecule has 0 aliphatic carbocycles. The summed E-state index contributed by atoms with van der Waals surface area (Å²) in [6, 6.07) is 12.1. The molecular weight excluding hydrogens is 271 g/mol. The molecule has 0 atom stereocenters. The van der Waals surface area contributed by atoms with Crippen molar-refractivity contribution in [3.8, 4) is 17.6 Å². The van der Waals surface area contributed by atoms with E-state index < -0.39 is 6.03 Å². The van der Waals surface area contributed by atoms with Crippen molar-refractivity contribution in [1.29, 1.82) is 0 Å². The molecule has 4 nitrogen and oxygen atoms in total. The molecule has 0 heterocycles. The monoisotopic (exact) mass is 284 g/mol. The third-order valence-corrected chi connectivity index (χ3v) is 2.53. The van der Waals surface area contributed by atoms with E-state index in [0.717, 1.165) is 0 Å². The lowest BCUT2D eigenvalue weighted by molar-refractivity contribution is 0.259. The lowest BCUT2D eigenvalue weighted by atomic mass is 10.2. The van der Waals surface area contributed by atoms with Crippen LogP contribution in [-0.2, 0) is 0 Å². The summed E-state index contributed by atoms with van der Waals surface area (Å²) in [6.07, 6.45) is 0. The number of hydrogen-bond acceptors (Lipinski definition) is 2. The van der Waals surface area contributed by atoms with E-state index >= 15 is 0 Å². The molecule has 21 heavy (non-hydrogen) atoms. The third kappa shape index (κ3) is 4.55. The first-order chi connectivity index (χ1) is 10.1. The van der Waals surface area contributed by atoms with Gasteiger partial charge in [-0.05, 0) is 36.4 Å². The van der Waals surface area contributed by atoms with E-state index in [1.54, 1.807) is 24.3 Å². The number of para-hydroxylation sites is 1. The van der Waals surface area contributed by atoms with Crippen LogP contribution >= 0.6 is 0 Å². The van der Waals surface area contributed by atoms with Crippen molar-refractivity contribution in [3.63, 3.8) is 0 Å². The number of rotatable bonds is 3. The largest absolute Gasteiger partial charge is 0.481 e. The Labute approximate surface area is 121 Å². The summed E-state index contributed by atoms with van der Waals surface area (Å²) in [6.45, 7) is 0.149. The second kappa shape index (κ2) is 6.96. The molecule has 2 aromatic rings. The quantitative estimate of drug-likeness (QED) is 0.851. The topological polar surface area (TPSA) is 64.4 Å². The minimum Gasteiger partial charge on any atom is -0.481 e. The molecule has 0 aliphatic heterocycles. The Bertz CT molecular complexity index is 687. The zero-order chi connectivity index (χ0) is 15.1. The predicted octanol–water partition coefficient (Wildman–Crippen LogP) is 2.75. The molecule has 106 valence electrons. The van der Waals surface area contributed by atoms with Crippen molar-refractivity contribution in [2.75, 3.05) is 11.9 Å². The molecule has 3 N–H and O–H groups in total. The SMILES string of the molecule is NC(=O)Nc1ccccc1C#CCOc1ccc(F)cc1. The maximum atomic E-state index is 12.7. The van der Waals surface area contributed by atoms with Gasteiger partial charge in [0.05, 0.1) is 5.69 Å². The van der Waals surface area contributed by atoms with E-state index in [9.17, 15) is 9.18 Å². The Hall–Kier alpha value is -3.00. The Morgan fingerprint density at radius 1 is 1.19 bits per heavy atom. The summed E-state index contributed by atoms with van der Waals surface area (Å²) in [7, 11) is 0. The van der Waals surface area contributed by atoms with Gasteiger partial charge in [0.15, 0.2) is 0 Å². The van der Waals surface area contributed by atoms with Gasteiger partial charge < -0.3 is 15.8 Å². The standard InChI is InChI=1S/C16H13FN2O2/c17-13-7-9-14(10-8-13)21-11-3-5-12-4-1-2-6-15(12)19-16(18)20/h1-2,4,6-10H,11H2,(H3,18,19,20). The van der Waals surface area contributed by atoms with Crippen LogP contribution in [0.1, 0.15) is 5.56 Å². The van der Waals surface area contributed by atoms with Crippen LogP contribution in [0.4, 0.5) is 14.9 Å². The molecule has 0 aliphatic rings. The average molecular weight is 284 g/mol. The first-order valence-electron chi connectivity index (χ1n) is 6.18. The zero-order valence-electron chi connectivity index (χ0n) is 11.1. The number of ether oxygens (including phenoxy) is 1. The number of amides is 2. The van der Waals surface area contributed by atoms with E-state index in [0.29, 0.717) is 17.0 Å². The van der Waals surface area contributed by atoms with Crippen LogP contribution in [0, 0.1) is 17.7 Å². The maximum Gasteiger partial charge on any atom is 0.316 e. The van der Waals surface area contributed by atoms with Gasteiger partial charge in [0.25, 0.3) is 0 Å². The second-order valence-corrected chi connectivity index (χ2v) is 4.08. The second-order valence-electron chi connectivity index (χ2n) is 4.08. The Morgan fingerprint density at radius 3 is 2.62 bits per heavy atom. The molecule has 0 unspecified atom stereocenters. The fraction of sp³-hybridized carbons (Fsp3) is 0.0625. The van der Waals surface area contributed by atoms with Gasteiger partial charge in [0, 0.05) is 5.56 Å². The summed E-state index contributed by atoms with van der Waals surface area (Å²) in [5.41, 5.74) is 6.26. The highest BCUT2D eigenvalue weighted by atomic mass is 19.1. The number of carbonyl (C=O) groups excluding carboxylic acids is 1. The van der Waals surface area contributed by atoms with Gasteiger partial charge in [-0.1, -0.05) is 24.0 Å². The van der Waals surface area contributed by atoms with Gasteiger partial charge >= 0.3 is 6.03 Å². The summed E-state index contributed by atoms with van der Waals surface area (Å²) in [4.78, 5) is 10.9. The Balaban J connectivity index is 1.99. The normalized spacial score (nSPS) is 9.38. The molecule has 0 aromatic heterocycles. The number of anilines is 1. The van der Waals surface area contributed by atoms with E-state index in [4.69, 9.17) is 10.5 Å². The van der Waals surface area contributed by atoms with Crippen molar-refractivity contribution < 1.29 is 13.9 Å². The molecule has 0 bridgehead atoms. The number of urea groups is 1. The average Bonchev–Trinajstić information content (AvgIpc) is 2.46. The van der Waals surface area contributed by atoms with Crippen molar-refractivity contribution in [2.45, 2.75) is 0 Å². The molecule has 0 saturated heterocycles. The van der Waals surface area contributed by atoms with E-state index in [1.165, 1.54) is 24.3 Å². The van der Waals surface area contributed by atoms with Crippen LogP contribution in [0.5, 0.6) is 5.75 Å². The number of halogens is 1. The van der Waals surface area contributed by atoms with Crippen molar-refractivity contribution in [3.05, 3.63) is 59.9 Å². The number of nitrogens with two attached hydrogens (primary N) is 1. The van der Waals surface area contributed by atoms with Crippen LogP contribution in [0.2, 0.25) is 0 Å². The third-order valence-electron chi connectivity index (χ3n) is 2.53.